The van der Waals surface area contributed by atoms with E-state index in [9.17, 15) is 14.0 Å². The summed E-state index contributed by atoms with van der Waals surface area (Å²) in [5, 5.41) is 0. The summed E-state index contributed by atoms with van der Waals surface area (Å²) in [4.78, 5) is 29.4. The molecule has 6 heteroatoms. The van der Waals surface area contributed by atoms with Crippen molar-refractivity contribution in [3.63, 3.8) is 0 Å². The van der Waals surface area contributed by atoms with E-state index in [4.69, 9.17) is 4.42 Å². The van der Waals surface area contributed by atoms with Gasteiger partial charge in [-0.3, -0.25) is 9.59 Å². The molecule has 0 saturated heterocycles. The van der Waals surface area contributed by atoms with Crippen LogP contribution in [0, 0.1) is 12.7 Å². The molecule has 0 saturated carbocycles. The molecule has 3 aromatic rings. The molecule has 0 N–H and O–H groups in total. The first-order valence-electron chi connectivity index (χ1n) is 10.4. The Morgan fingerprint density at radius 2 is 1.65 bits per heavy atom. The Balaban J connectivity index is 1.77. The van der Waals surface area contributed by atoms with Crippen molar-refractivity contribution in [2.75, 3.05) is 13.1 Å². The summed E-state index contributed by atoms with van der Waals surface area (Å²) in [5.41, 5.74) is 2.43. The van der Waals surface area contributed by atoms with E-state index in [0.29, 0.717) is 24.4 Å². The lowest BCUT2D eigenvalue weighted by Crippen LogP contribution is -2.42. The van der Waals surface area contributed by atoms with E-state index in [-0.39, 0.29) is 30.7 Å². The number of amides is 2. The SMILES string of the molecule is CCCN(CC(=O)N(Cc1ccc(F)cc1)Cc1ccco1)C(=O)c1ccc(C)cc1. The molecular formula is C25H27FN2O3. The average Bonchev–Trinajstić information content (AvgIpc) is 3.27. The van der Waals surface area contributed by atoms with Crippen LogP contribution in [-0.4, -0.2) is 34.7 Å². The number of hydrogen-bond acceptors (Lipinski definition) is 3. The van der Waals surface area contributed by atoms with Crippen molar-refractivity contribution in [1.82, 2.24) is 9.80 Å². The maximum absolute atomic E-state index is 13.3. The number of hydrogen-bond donors (Lipinski definition) is 0. The third-order valence-corrected chi connectivity index (χ3v) is 4.97. The third-order valence-electron chi connectivity index (χ3n) is 4.97. The Morgan fingerprint density at radius 3 is 2.26 bits per heavy atom. The molecule has 0 unspecified atom stereocenters. The largest absolute Gasteiger partial charge is 0.467 e. The highest BCUT2D eigenvalue weighted by atomic mass is 19.1. The second-order valence-electron chi connectivity index (χ2n) is 7.55. The first-order chi connectivity index (χ1) is 15.0. The number of carbonyl (C=O) groups excluding carboxylic acids is 2. The second kappa shape index (κ2) is 10.6. The van der Waals surface area contributed by atoms with Crippen LogP contribution in [0.5, 0.6) is 0 Å². The smallest absolute Gasteiger partial charge is 0.254 e. The van der Waals surface area contributed by atoms with Gasteiger partial charge in [0.15, 0.2) is 0 Å². The molecule has 0 aliphatic carbocycles. The van der Waals surface area contributed by atoms with Crippen LogP contribution >= 0.6 is 0 Å². The van der Waals surface area contributed by atoms with Crippen molar-refractivity contribution in [2.45, 2.75) is 33.4 Å². The fourth-order valence-electron chi connectivity index (χ4n) is 3.30. The quantitative estimate of drug-likeness (QED) is 0.497. The molecule has 1 heterocycles. The van der Waals surface area contributed by atoms with E-state index < -0.39 is 0 Å². The summed E-state index contributed by atoms with van der Waals surface area (Å²) in [5.74, 6) is -0.0580. The topological polar surface area (TPSA) is 53.8 Å². The van der Waals surface area contributed by atoms with Gasteiger partial charge in [0.2, 0.25) is 5.91 Å². The van der Waals surface area contributed by atoms with Crippen LogP contribution in [-0.2, 0) is 17.9 Å². The van der Waals surface area contributed by atoms with Crippen molar-refractivity contribution in [3.8, 4) is 0 Å². The number of carbonyl (C=O) groups is 2. The summed E-state index contributed by atoms with van der Waals surface area (Å²) < 4.78 is 18.7. The van der Waals surface area contributed by atoms with Gasteiger partial charge in [-0.25, -0.2) is 4.39 Å². The Kier molecular flexibility index (Phi) is 7.60. The molecular weight excluding hydrogens is 395 g/mol. The average molecular weight is 423 g/mol. The lowest BCUT2D eigenvalue weighted by Gasteiger charge is -2.27. The van der Waals surface area contributed by atoms with Crippen molar-refractivity contribution >= 4 is 11.8 Å². The minimum Gasteiger partial charge on any atom is -0.467 e. The Hall–Kier alpha value is -3.41. The Morgan fingerprint density at radius 1 is 0.935 bits per heavy atom. The monoisotopic (exact) mass is 422 g/mol. The predicted octanol–water partition coefficient (Wildman–Crippen LogP) is 4.81. The number of halogens is 1. The first-order valence-corrected chi connectivity index (χ1v) is 10.4. The molecule has 31 heavy (non-hydrogen) atoms. The summed E-state index contributed by atoms with van der Waals surface area (Å²) in [6.07, 6.45) is 2.29. The van der Waals surface area contributed by atoms with Gasteiger partial charge < -0.3 is 14.2 Å². The van der Waals surface area contributed by atoms with E-state index in [1.807, 2.05) is 26.0 Å². The maximum atomic E-state index is 13.3. The molecule has 5 nitrogen and oxygen atoms in total. The van der Waals surface area contributed by atoms with Crippen LogP contribution in [0.3, 0.4) is 0 Å². The van der Waals surface area contributed by atoms with E-state index in [2.05, 4.69) is 0 Å². The van der Waals surface area contributed by atoms with Gasteiger partial charge >= 0.3 is 0 Å². The van der Waals surface area contributed by atoms with Crippen LogP contribution in [0.1, 0.15) is 40.6 Å². The fourth-order valence-corrected chi connectivity index (χ4v) is 3.30. The standard InChI is InChI=1S/C25H27FN2O3/c1-3-14-27(25(30)21-10-6-19(2)7-11-21)18-24(29)28(17-23-5-4-15-31-23)16-20-8-12-22(26)13-9-20/h4-13,15H,3,14,16-18H2,1-2H3. The number of benzene rings is 2. The molecule has 0 bridgehead atoms. The van der Waals surface area contributed by atoms with Crippen LogP contribution in [0.25, 0.3) is 0 Å². The Bertz CT molecular complexity index is 983. The molecule has 0 fully saturated rings. The zero-order chi connectivity index (χ0) is 22.2. The highest BCUT2D eigenvalue weighted by Gasteiger charge is 2.23. The molecule has 0 atom stereocenters. The molecule has 3 rings (SSSR count). The lowest BCUT2D eigenvalue weighted by atomic mass is 10.1. The van der Waals surface area contributed by atoms with Gasteiger partial charge in [-0.1, -0.05) is 36.8 Å². The van der Waals surface area contributed by atoms with Crippen molar-refractivity contribution < 1.29 is 18.4 Å². The first kappa shape index (κ1) is 22.3. The number of furan rings is 1. The zero-order valence-corrected chi connectivity index (χ0v) is 17.9. The molecule has 0 aliphatic rings. The lowest BCUT2D eigenvalue weighted by molar-refractivity contribution is -0.133. The van der Waals surface area contributed by atoms with Crippen LogP contribution in [0.2, 0.25) is 0 Å². The highest BCUT2D eigenvalue weighted by Crippen LogP contribution is 2.14. The van der Waals surface area contributed by atoms with Gasteiger partial charge in [0.05, 0.1) is 12.8 Å². The summed E-state index contributed by atoms with van der Waals surface area (Å²) in [6.45, 7) is 4.93. The zero-order valence-electron chi connectivity index (χ0n) is 17.9. The van der Waals surface area contributed by atoms with Gasteiger partial charge in [-0.2, -0.15) is 0 Å². The van der Waals surface area contributed by atoms with E-state index in [1.165, 1.54) is 12.1 Å². The number of nitrogens with zero attached hydrogens (tertiary/aromatic N) is 2. The van der Waals surface area contributed by atoms with Crippen LogP contribution in [0.15, 0.2) is 71.3 Å². The van der Waals surface area contributed by atoms with Crippen LogP contribution in [0.4, 0.5) is 4.39 Å². The predicted molar refractivity (Wildman–Crippen MR) is 117 cm³/mol. The van der Waals surface area contributed by atoms with Crippen LogP contribution < -0.4 is 0 Å². The summed E-state index contributed by atoms with van der Waals surface area (Å²) >= 11 is 0. The van der Waals surface area contributed by atoms with Crippen molar-refractivity contribution in [3.05, 3.63) is 95.2 Å². The highest BCUT2D eigenvalue weighted by molar-refractivity contribution is 5.96. The molecule has 162 valence electrons. The molecule has 0 spiro atoms. The number of rotatable bonds is 9. The summed E-state index contributed by atoms with van der Waals surface area (Å²) in [7, 11) is 0. The van der Waals surface area contributed by atoms with E-state index >= 15 is 0 Å². The minimum atomic E-state index is -0.328. The van der Waals surface area contributed by atoms with Crippen molar-refractivity contribution in [2.24, 2.45) is 0 Å². The minimum absolute atomic E-state index is 0.0392. The molecule has 0 radical (unpaired) electrons. The Labute approximate surface area is 182 Å². The molecule has 1 aromatic heterocycles. The fraction of sp³-hybridized carbons (Fsp3) is 0.280. The van der Waals surface area contributed by atoms with Gasteiger partial charge in [0, 0.05) is 18.7 Å². The second-order valence-corrected chi connectivity index (χ2v) is 7.55. The summed E-state index contributed by atoms with van der Waals surface area (Å²) in [6, 6.07) is 16.9. The third kappa shape index (κ3) is 6.28. The van der Waals surface area contributed by atoms with Gasteiger partial charge in [0.1, 0.15) is 18.1 Å². The van der Waals surface area contributed by atoms with E-state index in [1.54, 1.807) is 52.5 Å². The van der Waals surface area contributed by atoms with E-state index in [0.717, 1.165) is 17.5 Å². The van der Waals surface area contributed by atoms with Crippen molar-refractivity contribution in [1.29, 1.82) is 0 Å². The van der Waals surface area contributed by atoms with Gasteiger partial charge in [-0.15, -0.1) is 0 Å². The molecule has 2 aromatic carbocycles. The normalized spacial score (nSPS) is 10.7. The van der Waals surface area contributed by atoms with Gasteiger partial charge in [-0.05, 0) is 55.3 Å². The number of aryl methyl sites for hydroxylation is 1. The maximum Gasteiger partial charge on any atom is 0.254 e. The molecule has 0 aliphatic heterocycles. The molecule has 2 amide bonds. The van der Waals surface area contributed by atoms with Gasteiger partial charge in [0.25, 0.3) is 5.91 Å².